The number of piperidine rings is 1. The number of aryl methyl sites for hydroxylation is 1. The second kappa shape index (κ2) is 10.00. The lowest BCUT2D eigenvalue weighted by Gasteiger charge is -2.34. The van der Waals surface area contributed by atoms with Gasteiger partial charge in [-0.3, -0.25) is 14.2 Å². The molecule has 1 fully saturated rings. The molecule has 6 nitrogen and oxygen atoms in total. The molecule has 5 rings (SSSR count). The number of anilines is 1. The Kier molecular flexibility index (Phi) is 6.63. The van der Waals surface area contributed by atoms with Gasteiger partial charge >= 0.3 is 0 Å². The summed E-state index contributed by atoms with van der Waals surface area (Å²) in [5.74, 6) is 0.0628. The molecule has 0 unspecified atom stereocenters. The molecule has 1 atom stereocenters. The van der Waals surface area contributed by atoms with Gasteiger partial charge in [-0.2, -0.15) is 0 Å². The van der Waals surface area contributed by atoms with E-state index in [1.807, 2.05) is 47.5 Å². The Hall–Kier alpha value is -3.52. The molecule has 35 heavy (non-hydrogen) atoms. The van der Waals surface area contributed by atoms with Gasteiger partial charge in [-0.05, 0) is 54.5 Å². The molecular formula is C27H27FN4O2S. The van der Waals surface area contributed by atoms with Crippen LogP contribution in [0.5, 0.6) is 0 Å². The van der Waals surface area contributed by atoms with Gasteiger partial charge in [-0.1, -0.05) is 42.0 Å². The molecule has 180 valence electrons. The van der Waals surface area contributed by atoms with Gasteiger partial charge in [0.2, 0.25) is 11.9 Å². The van der Waals surface area contributed by atoms with E-state index in [2.05, 4.69) is 5.32 Å². The number of nitrogens with zero attached hydrogens (tertiary/aromatic N) is 3. The minimum absolute atomic E-state index is 0.0133. The van der Waals surface area contributed by atoms with Crippen molar-refractivity contribution < 1.29 is 9.18 Å². The molecule has 2 aromatic carbocycles. The van der Waals surface area contributed by atoms with Crippen molar-refractivity contribution in [2.45, 2.75) is 32.9 Å². The summed E-state index contributed by atoms with van der Waals surface area (Å²) in [6.07, 6.45) is 1.62. The highest BCUT2D eigenvalue weighted by molar-refractivity contribution is 7.17. The van der Waals surface area contributed by atoms with Crippen molar-refractivity contribution in [3.63, 3.8) is 0 Å². The first-order chi connectivity index (χ1) is 17.0. The minimum Gasteiger partial charge on any atom is -0.352 e. The molecule has 1 saturated heterocycles. The third kappa shape index (κ3) is 5.12. The molecule has 8 heteroatoms. The average molecular weight is 491 g/mol. The number of carbonyl (C=O) groups is 1. The van der Waals surface area contributed by atoms with E-state index in [-0.39, 0.29) is 29.7 Å². The standard InChI is InChI=1S/C27H27FN4O2S/c1-18-4-6-19(7-5-18)15-29-25(33)21-3-2-13-31(17-21)27-30-23-12-14-35-24(23)26(34)32(27)16-20-8-10-22(28)11-9-20/h4-12,14,21H,2-3,13,15-17H2,1H3,(H,29,33)/t21-/m1/s1. The average Bonchev–Trinajstić information content (AvgIpc) is 3.35. The Morgan fingerprint density at radius 1 is 1.11 bits per heavy atom. The maximum absolute atomic E-state index is 13.4. The highest BCUT2D eigenvalue weighted by atomic mass is 32.1. The van der Waals surface area contributed by atoms with Crippen molar-refractivity contribution in [2.24, 2.45) is 5.92 Å². The topological polar surface area (TPSA) is 67.2 Å². The third-order valence-corrected chi connectivity index (χ3v) is 7.35. The smallest absolute Gasteiger partial charge is 0.273 e. The van der Waals surface area contributed by atoms with Crippen molar-refractivity contribution in [1.82, 2.24) is 14.9 Å². The second-order valence-electron chi connectivity index (χ2n) is 9.05. The van der Waals surface area contributed by atoms with Crippen LogP contribution in [0.1, 0.15) is 29.5 Å². The molecule has 1 aliphatic heterocycles. The summed E-state index contributed by atoms with van der Waals surface area (Å²) in [6, 6.07) is 16.1. The van der Waals surface area contributed by atoms with Crippen LogP contribution in [0.4, 0.5) is 10.3 Å². The van der Waals surface area contributed by atoms with E-state index in [9.17, 15) is 14.0 Å². The van der Waals surface area contributed by atoms with Crippen LogP contribution in [0.25, 0.3) is 10.2 Å². The SMILES string of the molecule is Cc1ccc(CNC(=O)[C@@H]2CCCN(c3nc4ccsc4c(=O)n3Cc3ccc(F)cc3)C2)cc1. The summed E-state index contributed by atoms with van der Waals surface area (Å²) >= 11 is 1.37. The number of rotatable bonds is 6. The summed E-state index contributed by atoms with van der Waals surface area (Å²) in [5.41, 5.74) is 3.61. The highest BCUT2D eigenvalue weighted by Gasteiger charge is 2.28. The predicted octanol–water partition coefficient (Wildman–Crippen LogP) is 4.49. The number of amides is 1. The summed E-state index contributed by atoms with van der Waals surface area (Å²) in [5, 5.41) is 4.93. The quantitative estimate of drug-likeness (QED) is 0.433. The van der Waals surface area contributed by atoms with Crippen LogP contribution in [-0.4, -0.2) is 28.5 Å². The Morgan fingerprint density at radius 3 is 2.63 bits per heavy atom. The molecule has 0 aliphatic carbocycles. The Morgan fingerprint density at radius 2 is 1.86 bits per heavy atom. The van der Waals surface area contributed by atoms with Gasteiger partial charge in [0.25, 0.3) is 5.56 Å². The molecule has 1 N–H and O–H groups in total. The predicted molar refractivity (Wildman–Crippen MR) is 137 cm³/mol. The van der Waals surface area contributed by atoms with Crippen molar-refractivity contribution in [3.05, 3.63) is 92.8 Å². The zero-order valence-electron chi connectivity index (χ0n) is 19.5. The van der Waals surface area contributed by atoms with Crippen LogP contribution in [0, 0.1) is 18.7 Å². The van der Waals surface area contributed by atoms with Crippen LogP contribution in [0.2, 0.25) is 0 Å². The number of hydrogen-bond donors (Lipinski definition) is 1. The number of nitrogens with one attached hydrogen (secondary N) is 1. The Balaban J connectivity index is 1.38. The summed E-state index contributed by atoms with van der Waals surface area (Å²) < 4.78 is 15.7. The fourth-order valence-electron chi connectivity index (χ4n) is 4.50. The molecule has 3 heterocycles. The van der Waals surface area contributed by atoms with Gasteiger partial charge in [0.15, 0.2) is 0 Å². The number of hydrogen-bond acceptors (Lipinski definition) is 5. The van der Waals surface area contributed by atoms with Crippen molar-refractivity contribution in [2.75, 3.05) is 18.0 Å². The molecule has 4 aromatic rings. The zero-order chi connectivity index (χ0) is 24.4. The van der Waals surface area contributed by atoms with E-state index < -0.39 is 0 Å². The Labute approximate surface area is 207 Å². The second-order valence-corrected chi connectivity index (χ2v) is 9.97. The maximum Gasteiger partial charge on any atom is 0.273 e. The molecule has 0 saturated carbocycles. The highest BCUT2D eigenvalue weighted by Crippen LogP contribution is 2.25. The molecule has 0 bridgehead atoms. The lowest BCUT2D eigenvalue weighted by molar-refractivity contribution is -0.125. The van der Waals surface area contributed by atoms with E-state index in [1.54, 1.807) is 16.7 Å². The lowest BCUT2D eigenvalue weighted by atomic mass is 9.97. The number of thiophene rings is 1. The maximum atomic E-state index is 13.4. The van der Waals surface area contributed by atoms with E-state index in [4.69, 9.17) is 4.98 Å². The monoisotopic (exact) mass is 490 g/mol. The summed E-state index contributed by atoms with van der Waals surface area (Å²) in [6.45, 7) is 4.02. The van der Waals surface area contributed by atoms with Gasteiger partial charge in [0, 0.05) is 19.6 Å². The Bertz CT molecular complexity index is 1400. The molecule has 1 aliphatic rings. The first-order valence-corrected chi connectivity index (χ1v) is 12.7. The number of aromatic nitrogens is 2. The van der Waals surface area contributed by atoms with Gasteiger partial charge in [0.1, 0.15) is 10.5 Å². The normalized spacial score (nSPS) is 15.9. The van der Waals surface area contributed by atoms with E-state index >= 15 is 0 Å². The lowest BCUT2D eigenvalue weighted by Crippen LogP contribution is -2.45. The minimum atomic E-state index is -0.316. The molecule has 0 radical (unpaired) electrons. The van der Waals surface area contributed by atoms with Gasteiger partial charge in [-0.15, -0.1) is 11.3 Å². The number of benzene rings is 2. The van der Waals surface area contributed by atoms with E-state index in [0.29, 0.717) is 35.8 Å². The van der Waals surface area contributed by atoms with Crippen molar-refractivity contribution >= 4 is 33.4 Å². The van der Waals surface area contributed by atoms with Crippen LogP contribution >= 0.6 is 11.3 Å². The number of halogens is 1. The van der Waals surface area contributed by atoms with Crippen LogP contribution in [0.15, 0.2) is 64.8 Å². The van der Waals surface area contributed by atoms with E-state index in [1.165, 1.54) is 29.0 Å². The summed E-state index contributed by atoms with van der Waals surface area (Å²) in [7, 11) is 0. The van der Waals surface area contributed by atoms with Crippen LogP contribution in [0.3, 0.4) is 0 Å². The van der Waals surface area contributed by atoms with Gasteiger partial charge in [0.05, 0.1) is 18.0 Å². The van der Waals surface area contributed by atoms with Crippen molar-refractivity contribution in [1.29, 1.82) is 0 Å². The molecular weight excluding hydrogens is 463 g/mol. The molecule has 2 aromatic heterocycles. The first kappa shape index (κ1) is 23.2. The van der Waals surface area contributed by atoms with Crippen LogP contribution in [-0.2, 0) is 17.9 Å². The molecule has 0 spiro atoms. The van der Waals surface area contributed by atoms with Crippen molar-refractivity contribution in [3.8, 4) is 0 Å². The summed E-state index contributed by atoms with van der Waals surface area (Å²) in [4.78, 5) is 33.2. The first-order valence-electron chi connectivity index (χ1n) is 11.8. The number of fused-ring (bicyclic) bond motifs is 1. The van der Waals surface area contributed by atoms with Gasteiger partial charge in [-0.25, -0.2) is 9.37 Å². The van der Waals surface area contributed by atoms with Gasteiger partial charge < -0.3 is 10.2 Å². The largest absolute Gasteiger partial charge is 0.352 e. The zero-order valence-corrected chi connectivity index (χ0v) is 20.4. The number of carbonyl (C=O) groups excluding carboxylic acids is 1. The third-order valence-electron chi connectivity index (χ3n) is 6.46. The molecule has 1 amide bonds. The fourth-order valence-corrected chi connectivity index (χ4v) is 5.28. The van der Waals surface area contributed by atoms with Crippen LogP contribution < -0.4 is 15.8 Å². The fraction of sp³-hybridized carbons (Fsp3) is 0.296. The van der Waals surface area contributed by atoms with E-state index in [0.717, 1.165) is 24.0 Å².